The van der Waals surface area contributed by atoms with Crippen LogP contribution in [0.4, 0.5) is 0 Å². The van der Waals surface area contributed by atoms with Crippen LogP contribution in [-0.2, 0) is 6.42 Å². The highest BCUT2D eigenvalue weighted by molar-refractivity contribution is 9.10. The van der Waals surface area contributed by atoms with Crippen molar-refractivity contribution >= 4 is 27.5 Å². The molecule has 0 N–H and O–H groups in total. The van der Waals surface area contributed by atoms with Gasteiger partial charge in [0.25, 0.3) is 0 Å². The van der Waals surface area contributed by atoms with Gasteiger partial charge in [-0.15, -0.1) is 12.3 Å². The number of nitrogens with zero attached hydrogens (tertiary/aromatic N) is 1. The molecule has 0 saturated heterocycles. The van der Waals surface area contributed by atoms with E-state index < -0.39 is 0 Å². The van der Waals surface area contributed by atoms with Gasteiger partial charge < -0.3 is 0 Å². The Bertz CT molecular complexity index is 303. The molecule has 0 bridgehead atoms. The van der Waals surface area contributed by atoms with Gasteiger partial charge in [0, 0.05) is 17.1 Å². The summed E-state index contributed by atoms with van der Waals surface area (Å²) in [6.45, 7) is 0. The lowest BCUT2D eigenvalue weighted by atomic mass is 10.2. The zero-order valence-electron chi connectivity index (χ0n) is 5.64. The first-order chi connectivity index (χ1) is 5.24. The number of hydrogen-bond acceptors (Lipinski definition) is 1. The molecule has 0 fully saturated rings. The zero-order chi connectivity index (χ0) is 8.27. The molecule has 0 amide bonds. The van der Waals surface area contributed by atoms with Crippen LogP contribution in [0.2, 0.25) is 5.15 Å². The van der Waals surface area contributed by atoms with Crippen LogP contribution < -0.4 is 0 Å². The lowest BCUT2D eigenvalue weighted by molar-refractivity contribution is 1.21. The number of rotatable bonds is 1. The quantitative estimate of drug-likeness (QED) is 0.534. The van der Waals surface area contributed by atoms with Gasteiger partial charge in [-0.2, -0.15) is 0 Å². The third-order valence-corrected chi connectivity index (χ3v) is 2.11. The molecule has 0 aromatic carbocycles. The van der Waals surface area contributed by atoms with Gasteiger partial charge in [-0.1, -0.05) is 11.6 Å². The van der Waals surface area contributed by atoms with Crippen molar-refractivity contribution in [3.63, 3.8) is 0 Å². The Balaban J connectivity index is 3.05. The van der Waals surface area contributed by atoms with Gasteiger partial charge >= 0.3 is 0 Å². The van der Waals surface area contributed by atoms with Crippen LogP contribution in [0, 0.1) is 12.3 Å². The molecule has 0 spiro atoms. The highest BCUT2D eigenvalue weighted by Crippen LogP contribution is 2.18. The molecule has 56 valence electrons. The minimum Gasteiger partial charge on any atom is -0.243 e. The predicted molar refractivity (Wildman–Crippen MR) is 49.5 cm³/mol. The topological polar surface area (TPSA) is 12.9 Å². The van der Waals surface area contributed by atoms with Gasteiger partial charge in [0.05, 0.1) is 0 Å². The van der Waals surface area contributed by atoms with E-state index in [-0.39, 0.29) is 0 Å². The summed E-state index contributed by atoms with van der Waals surface area (Å²) in [6.07, 6.45) is 7.37. The second-order valence-electron chi connectivity index (χ2n) is 1.98. The predicted octanol–water partition coefficient (Wildman–Crippen LogP) is 2.67. The molecule has 0 saturated carbocycles. The van der Waals surface area contributed by atoms with Crippen molar-refractivity contribution < 1.29 is 0 Å². The summed E-state index contributed by atoms with van der Waals surface area (Å²) >= 11 is 8.97. The fourth-order valence-electron chi connectivity index (χ4n) is 0.697. The third-order valence-electron chi connectivity index (χ3n) is 1.19. The second-order valence-corrected chi connectivity index (χ2v) is 3.22. The summed E-state index contributed by atoms with van der Waals surface area (Å²) in [7, 11) is 0. The Hall–Kier alpha value is -0.520. The molecule has 1 aromatic rings. The Kier molecular flexibility index (Phi) is 2.92. The molecule has 1 nitrogen and oxygen atoms in total. The van der Waals surface area contributed by atoms with E-state index in [4.69, 9.17) is 18.0 Å². The van der Waals surface area contributed by atoms with Gasteiger partial charge in [-0.3, -0.25) is 0 Å². The van der Waals surface area contributed by atoms with Crippen LogP contribution in [-0.4, -0.2) is 4.98 Å². The van der Waals surface area contributed by atoms with Crippen LogP contribution >= 0.6 is 27.5 Å². The Morgan fingerprint density at radius 3 is 3.09 bits per heavy atom. The Morgan fingerprint density at radius 2 is 2.45 bits per heavy atom. The fraction of sp³-hybridized carbons (Fsp3) is 0.125. The van der Waals surface area contributed by atoms with E-state index in [9.17, 15) is 0 Å². The summed E-state index contributed by atoms with van der Waals surface area (Å²) in [5.41, 5.74) is 0.993. The van der Waals surface area contributed by atoms with Crippen molar-refractivity contribution in [1.29, 1.82) is 0 Å². The van der Waals surface area contributed by atoms with Crippen LogP contribution in [0.25, 0.3) is 0 Å². The first-order valence-electron chi connectivity index (χ1n) is 2.97. The van der Waals surface area contributed by atoms with Crippen molar-refractivity contribution in [2.45, 2.75) is 6.42 Å². The van der Waals surface area contributed by atoms with E-state index in [1.54, 1.807) is 12.3 Å². The molecule has 1 aromatic heterocycles. The number of terminal acetylenes is 1. The highest BCUT2D eigenvalue weighted by Gasteiger charge is 1.98. The van der Waals surface area contributed by atoms with E-state index >= 15 is 0 Å². The molecule has 0 aliphatic rings. The number of aromatic nitrogens is 1. The van der Waals surface area contributed by atoms with E-state index in [2.05, 4.69) is 26.8 Å². The Morgan fingerprint density at radius 1 is 1.73 bits per heavy atom. The van der Waals surface area contributed by atoms with E-state index in [1.165, 1.54) is 0 Å². The van der Waals surface area contributed by atoms with E-state index in [0.29, 0.717) is 11.6 Å². The summed E-state index contributed by atoms with van der Waals surface area (Å²) < 4.78 is 0.903. The maximum Gasteiger partial charge on any atom is 0.129 e. The molecular formula is C8H5BrClN. The number of halogens is 2. The van der Waals surface area contributed by atoms with Crippen molar-refractivity contribution in [2.75, 3.05) is 0 Å². The molecule has 1 heterocycles. The number of pyridine rings is 1. The second kappa shape index (κ2) is 3.75. The van der Waals surface area contributed by atoms with Crippen molar-refractivity contribution in [3.8, 4) is 12.3 Å². The fourth-order valence-corrected chi connectivity index (χ4v) is 1.23. The van der Waals surface area contributed by atoms with E-state index in [1.807, 2.05) is 0 Å². The van der Waals surface area contributed by atoms with Gasteiger partial charge in [0.1, 0.15) is 5.15 Å². The average molecular weight is 230 g/mol. The highest BCUT2D eigenvalue weighted by atomic mass is 79.9. The minimum atomic E-state index is 0.471. The van der Waals surface area contributed by atoms with Crippen molar-refractivity contribution in [1.82, 2.24) is 4.98 Å². The van der Waals surface area contributed by atoms with Crippen LogP contribution in [0.15, 0.2) is 16.7 Å². The van der Waals surface area contributed by atoms with Gasteiger partial charge in [0.2, 0.25) is 0 Å². The maximum atomic E-state index is 5.65. The lowest BCUT2D eigenvalue weighted by Crippen LogP contribution is -1.85. The monoisotopic (exact) mass is 229 g/mol. The lowest BCUT2D eigenvalue weighted by Gasteiger charge is -1.98. The normalized spacial score (nSPS) is 9.18. The molecule has 0 radical (unpaired) electrons. The van der Waals surface area contributed by atoms with Crippen molar-refractivity contribution in [3.05, 3.63) is 27.5 Å². The van der Waals surface area contributed by atoms with Crippen LogP contribution in [0.3, 0.4) is 0 Å². The standard InChI is InChI=1S/C8H5BrClN/c1-2-3-6-4-8(10)11-5-7(6)9/h1,4-5H,3H2. The molecule has 0 unspecified atom stereocenters. The van der Waals surface area contributed by atoms with Crippen molar-refractivity contribution in [2.24, 2.45) is 0 Å². The summed E-state index contributed by atoms with van der Waals surface area (Å²) in [4.78, 5) is 3.87. The summed E-state index contributed by atoms with van der Waals surface area (Å²) in [6, 6.07) is 1.76. The third kappa shape index (κ3) is 2.21. The summed E-state index contributed by atoms with van der Waals surface area (Å²) in [5.74, 6) is 2.54. The van der Waals surface area contributed by atoms with Gasteiger partial charge in [0.15, 0.2) is 0 Å². The smallest absolute Gasteiger partial charge is 0.129 e. The molecule has 3 heteroatoms. The molecule has 1 rings (SSSR count). The van der Waals surface area contributed by atoms with Gasteiger partial charge in [-0.05, 0) is 27.6 Å². The largest absolute Gasteiger partial charge is 0.243 e. The average Bonchev–Trinajstić information content (AvgIpc) is 1.98. The van der Waals surface area contributed by atoms with Crippen LogP contribution in [0.5, 0.6) is 0 Å². The molecule has 0 aliphatic heterocycles. The maximum absolute atomic E-state index is 5.65. The first kappa shape index (κ1) is 8.58. The zero-order valence-corrected chi connectivity index (χ0v) is 7.98. The first-order valence-corrected chi connectivity index (χ1v) is 4.14. The van der Waals surface area contributed by atoms with Crippen LogP contribution in [0.1, 0.15) is 5.56 Å². The molecule has 0 atom stereocenters. The molecular weight excluding hydrogens is 225 g/mol. The minimum absolute atomic E-state index is 0.471. The van der Waals surface area contributed by atoms with E-state index in [0.717, 1.165) is 10.0 Å². The Labute approximate surface area is 78.9 Å². The SMILES string of the molecule is C#CCc1cc(Cl)ncc1Br. The number of hydrogen-bond donors (Lipinski definition) is 0. The van der Waals surface area contributed by atoms with Gasteiger partial charge in [-0.25, -0.2) is 4.98 Å². The summed E-state index contributed by atoms with van der Waals surface area (Å²) in [5, 5.41) is 0.471. The molecule has 11 heavy (non-hydrogen) atoms. The molecule has 0 aliphatic carbocycles.